The highest BCUT2D eigenvalue weighted by Crippen LogP contribution is 2.30. The molecule has 1 aromatic carbocycles. The second-order valence-corrected chi connectivity index (χ2v) is 7.22. The van der Waals surface area contributed by atoms with Crippen LogP contribution in [0.4, 0.5) is 5.69 Å². The Morgan fingerprint density at radius 3 is 2.55 bits per heavy atom. The number of piperidine rings is 1. The lowest BCUT2D eigenvalue weighted by Crippen LogP contribution is -2.40. The van der Waals surface area contributed by atoms with Gasteiger partial charge in [0.1, 0.15) is 0 Å². The summed E-state index contributed by atoms with van der Waals surface area (Å²) >= 11 is 0. The summed E-state index contributed by atoms with van der Waals surface area (Å²) in [5.41, 5.74) is 3.62. The molecule has 1 aliphatic heterocycles. The zero-order valence-electron chi connectivity index (χ0n) is 14.1. The van der Waals surface area contributed by atoms with Crippen molar-refractivity contribution in [3.8, 4) is 0 Å². The quantitative estimate of drug-likeness (QED) is 0.825. The van der Waals surface area contributed by atoms with Gasteiger partial charge in [0, 0.05) is 30.4 Å². The van der Waals surface area contributed by atoms with Crippen LogP contribution in [0, 0.1) is 6.92 Å². The Kier molecular flexibility index (Phi) is 4.09. The third-order valence-corrected chi connectivity index (χ3v) is 4.25. The van der Waals surface area contributed by atoms with E-state index in [9.17, 15) is 0 Å². The maximum absolute atomic E-state index is 6.13. The summed E-state index contributed by atoms with van der Waals surface area (Å²) in [6.07, 6.45) is 4.49. The first-order chi connectivity index (χ1) is 10.4. The van der Waals surface area contributed by atoms with Gasteiger partial charge in [-0.15, -0.1) is 0 Å². The molecule has 0 unspecified atom stereocenters. The molecular formula is C19H26N2O. The topological polar surface area (TPSA) is 25.4 Å². The van der Waals surface area contributed by atoms with E-state index in [4.69, 9.17) is 4.74 Å². The highest BCUT2D eigenvalue weighted by Gasteiger charge is 2.25. The van der Waals surface area contributed by atoms with Gasteiger partial charge in [0.05, 0.1) is 17.2 Å². The van der Waals surface area contributed by atoms with Crippen molar-refractivity contribution in [1.82, 2.24) is 4.98 Å². The molecule has 0 aliphatic carbocycles. The van der Waals surface area contributed by atoms with Gasteiger partial charge in [0.15, 0.2) is 0 Å². The molecule has 3 heteroatoms. The second-order valence-electron chi connectivity index (χ2n) is 7.22. The molecule has 3 rings (SSSR count). The van der Waals surface area contributed by atoms with Gasteiger partial charge in [-0.05, 0) is 52.2 Å². The number of aryl methyl sites for hydroxylation is 1. The van der Waals surface area contributed by atoms with Crippen LogP contribution < -0.4 is 4.90 Å². The van der Waals surface area contributed by atoms with Crippen molar-refractivity contribution in [2.45, 2.75) is 52.2 Å². The molecule has 2 heterocycles. The molecule has 0 amide bonds. The van der Waals surface area contributed by atoms with Gasteiger partial charge < -0.3 is 9.64 Å². The van der Waals surface area contributed by atoms with E-state index in [-0.39, 0.29) is 5.60 Å². The number of benzene rings is 1. The molecule has 118 valence electrons. The Hall–Kier alpha value is -1.61. The summed E-state index contributed by atoms with van der Waals surface area (Å²) in [7, 11) is 0. The largest absolute Gasteiger partial charge is 0.372 e. The Morgan fingerprint density at radius 2 is 1.86 bits per heavy atom. The number of anilines is 1. The van der Waals surface area contributed by atoms with Crippen molar-refractivity contribution in [3.63, 3.8) is 0 Å². The zero-order chi connectivity index (χ0) is 15.7. The normalized spacial score (nSPS) is 17.2. The summed E-state index contributed by atoms with van der Waals surface area (Å²) < 4.78 is 6.13. The lowest BCUT2D eigenvalue weighted by atomic mass is 10.0. The zero-order valence-corrected chi connectivity index (χ0v) is 14.1. The number of pyridine rings is 1. The molecule has 1 aromatic heterocycles. The maximum Gasteiger partial charge on any atom is 0.0751 e. The molecule has 0 spiro atoms. The van der Waals surface area contributed by atoms with E-state index >= 15 is 0 Å². The van der Waals surface area contributed by atoms with Gasteiger partial charge in [0.25, 0.3) is 0 Å². The third-order valence-electron chi connectivity index (χ3n) is 4.25. The lowest BCUT2D eigenvalue weighted by Gasteiger charge is -2.37. The molecule has 0 N–H and O–H groups in total. The highest BCUT2D eigenvalue weighted by molar-refractivity contribution is 5.93. The molecule has 0 saturated carbocycles. The van der Waals surface area contributed by atoms with E-state index in [0.29, 0.717) is 6.10 Å². The van der Waals surface area contributed by atoms with Crippen LogP contribution in [0.15, 0.2) is 30.5 Å². The van der Waals surface area contributed by atoms with Crippen molar-refractivity contribution < 1.29 is 4.74 Å². The number of ether oxygens (including phenoxy) is 1. The summed E-state index contributed by atoms with van der Waals surface area (Å²) in [6, 6.07) is 8.58. The molecule has 0 radical (unpaired) electrons. The van der Waals surface area contributed by atoms with Crippen molar-refractivity contribution in [2.75, 3.05) is 18.0 Å². The van der Waals surface area contributed by atoms with Crippen LogP contribution in [0.1, 0.15) is 39.2 Å². The number of para-hydroxylation sites is 1. The number of hydrogen-bond donors (Lipinski definition) is 0. The van der Waals surface area contributed by atoms with E-state index in [1.54, 1.807) is 0 Å². The maximum atomic E-state index is 6.13. The average Bonchev–Trinajstić information content (AvgIpc) is 2.46. The number of rotatable bonds is 2. The predicted molar refractivity (Wildman–Crippen MR) is 92.6 cm³/mol. The van der Waals surface area contributed by atoms with Gasteiger partial charge in [-0.25, -0.2) is 0 Å². The van der Waals surface area contributed by atoms with Crippen LogP contribution in [-0.2, 0) is 4.74 Å². The standard InChI is InChI=1S/C19H26N2O/c1-14-6-5-7-16-17(8-11-20-18(14)16)21-12-9-15(10-13-21)22-19(2,3)4/h5-8,11,15H,9-10,12-13H2,1-4H3. The van der Waals surface area contributed by atoms with Gasteiger partial charge >= 0.3 is 0 Å². The minimum absolute atomic E-state index is 0.0483. The minimum atomic E-state index is -0.0483. The van der Waals surface area contributed by atoms with Gasteiger partial charge in [-0.3, -0.25) is 4.98 Å². The van der Waals surface area contributed by atoms with Crippen LogP contribution in [0.3, 0.4) is 0 Å². The van der Waals surface area contributed by atoms with Gasteiger partial charge in [-0.2, -0.15) is 0 Å². The smallest absolute Gasteiger partial charge is 0.0751 e. The fourth-order valence-electron chi connectivity index (χ4n) is 3.30. The third kappa shape index (κ3) is 3.25. The first-order valence-corrected chi connectivity index (χ1v) is 8.21. The van der Waals surface area contributed by atoms with E-state index in [0.717, 1.165) is 31.4 Å². The van der Waals surface area contributed by atoms with Crippen molar-refractivity contribution in [2.24, 2.45) is 0 Å². The lowest BCUT2D eigenvalue weighted by molar-refractivity contribution is -0.0682. The monoisotopic (exact) mass is 298 g/mol. The number of fused-ring (bicyclic) bond motifs is 1. The number of nitrogens with zero attached hydrogens (tertiary/aromatic N) is 2. The fourth-order valence-corrected chi connectivity index (χ4v) is 3.30. The van der Waals surface area contributed by atoms with Crippen molar-refractivity contribution in [3.05, 3.63) is 36.0 Å². The molecule has 2 aromatic rings. The van der Waals surface area contributed by atoms with E-state index in [1.165, 1.54) is 16.6 Å². The summed E-state index contributed by atoms with van der Waals surface area (Å²) in [4.78, 5) is 7.03. The van der Waals surface area contributed by atoms with Crippen molar-refractivity contribution in [1.29, 1.82) is 0 Å². The SMILES string of the molecule is Cc1cccc2c(N3CCC(OC(C)(C)C)CC3)ccnc12. The molecule has 1 fully saturated rings. The van der Waals surface area contributed by atoms with E-state index < -0.39 is 0 Å². The number of aromatic nitrogens is 1. The van der Waals surface area contributed by atoms with Gasteiger partial charge in [-0.1, -0.05) is 18.2 Å². The summed E-state index contributed by atoms with van der Waals surface area (Å²) in [6.45, 7) is 10.6. The molecule has 22 heavy (non-hydrogen) atoms. The summed E-state index contributed by atoms with van der Waals surface area (Å²) in [5, 5.41) is 1.26. The van der Waals surface area contributed by atoms with Crippen LogP contribution in [0.5, 0.6) is 0 Å². The predicted octanol–water partition coefficient (Wildman–Crippen LogP) is 4.33. The molecule has 1 aliphatic rings. The van der Waals surface area contributed by atoms with Crippen LogP contribution in [0.2, 0.25) is 0 Å². The fraction of sp³-hybridized carbons (Fsp3) is 0.526. The second kappa shape index (κ2) is 5.88. The summed E-state index contributed by atoms with van der Waals surface area (Å²) in [5.74, 6) is 0. The van der Waals surface area contributed by atoms with Crippen LogP contribution in [0.25, 0.3) is 10.9 Å². The first kappa shape index (κ1) is 15.3. The van der Waals surface area contributed by atoms with E-state index in [2.05, 4.69) is 61.8 Å². The van der Waals surface area contributed by atoms with Crippen LogP contribution in [-0.4, -0.2) is 29.8 Å². The Balaban J connectivity index is 1.78. The minimum Gasteiger partial charge on any atom is -0.372 e. The highest BCUT2D eigenvalue weighted by atomic mass is 16.5. The first-order valence-electron chi connectivity index (χ1n) is 8.21. The molecular weight excluding hydrogens is 272 g/mol. The Bertz CT molecular complexity index is 652. The van der Waals surface area contributed by atoms with Gasteiger partial charge in [0.2, 0.25) is 0 Å². The van der Waals surface area contributed by atoms with Crippen molar-refractivity contribution >= 4 is 16.6 Å². The van der Waals surface area contributed by atoms with Crippen LogP contribution >= 0.6 is 0 Å². The molecule has 0 atom stereocenters. The molecule has 3 nitrogen and oxygen atoms in total. The average molecular weight is 298 g/mol. The van der Waals surface area contributed by atoms with E-state index in [1.807, 2.05) is 6.20 Å². The molecule has 1 saturated heterocycles. The molecule has 0 bridgehead atoms. The Morgan fingerprint density at radius 1 is 1.14 bits per heavy atom. The Labute approximate surface area is 133 Å². The number of hydrogen-bond acceptors (Lipinski definition) is 3.